The van der Waals surface area contributed by atoms with Crippen molar-refractivity contribution in [1.82, 2.24) is 19.2 Å². The molecule has 0 saturated heterocycles. The van der Waals surface area contributed by atoms with Gasteiger partial charge in [-0.25, -0.2) is 4.98 Å². The smallest absolute Gasteiger partial charge is 0.320 e. The van der Waals surface area contributed by atoms with E-state index in [1.165, 1.54) is 45.5 Å². The fourth-order valence-electron chi connectivity index (χ4n) is 12.4. The van der Waals surface area contributed by atoms with E-state index in [0.717, 1.165) is 50.0 Å². The Bertz CT molecular complexity index is 4530. The summed E-state index contributed by atoms with van der Waals surface area (Å²) in [6.07, 6.45) is 27.5. The van der Waals surface area contributed by atoms with Crippen LogP contribution in [0.15, 0.2) is 243 Å². The van der Waals surface area contributed by atoms with Crippen LogP contribution in [-0.4, -0.2) is 32.9 Å². The summed E-state index contributed by atoms with van der Waals surface area (Å²) in [7, 11) is 0. The molecule has 7 nitrogen and oxygen atoms in total. The standard InChI is InChI=1S/C76H67B2N6O.Pt/c1-74(2,3)56-31-34-69-65(45-56)62-33-32-60(50-72(62)84(69)73-48-57(35-38-79-73)76(7,8)55-25-13-10-14-26-55)85-61-44-54(53-23-11-9-12-24-53)43-59(49-61)83-52-80(70-29-15-16-30-71(70)83)51-66-63(67-27-21-41-81-39-19-17-36-77(67)81)46-58(75(4,5)6)47-64(66)68-28-22-42-82-40-20-18-37-78(68)82;/h9-48,52H,51H2,1-8H3;/q-3;/i7D3,8D3;. The molecule has 14 rings (SSSR count). The second-order valence-electron chi connectivity index (χ2n) is 24.6. The van der Waals surface area contributed by atoms with Gasteiger partial charge in [0.25, 0.3) is 0 Å². The van der Waals surface area contributed by atoms with Crippen LogP contribution in [0.3, 0.4) is 0 Å². The van der Waals surface area contributed by atoms with Crippen LogP contribution in [-0.2, 0) is 43.9 Å². The van der Waals surface area contributed by atoms with Crippen molar-refractivity contribution in [2.75, 3.05) is 9.80 Å². The van der Waals surface area contributed by atoms with Crippen LogP contribution >= 0.6 is 0 Å². The molecule has 86 heavy (non-hydrogen) atoms. The molecule has 7 aromatic carbocycles. The Hall–Kier alpha value is -8.77. The van der Waals surface area contributed by atoms with E-state index in [-0.39, 0.29) is 56.7 Å². The summed E-state index contributed by atoms with van der Waals surface area (Å²) in [6, 6.07) is 56.8. The van der Waals surface area contributed by atoms with Gasteiger partial charge in [-0.2, -0.15) is 12.7 Å². The summed E-state index contributed by atoms with van der Waals surface area (Å²) in [5, 5.41) is 1.78. The number of hydrogen-bond donors (Lipinski definition) is 0. The fourth-order valence-corrected chi connectivity index (χ4v) is 12.4. The van der Waals surface area contributed by atoms with Gasteiger partial charge in [-0.3, -0.25) is 0 Å². The van der Waals surface area contributed by atoms with Gasteiger partial charge in [0.05, 0.1) is 0 Å². The fraction of sp³-hybridized carbons (Fsp3) is 0.158. The molecule has 0 saturated carbocycles. The van der Waals surface area contributed by atoms with Crippen LogP contribution in [0.2, 0.25) is 0 Å². The summed E-state index contributed by atoms with van der Waals surface area (Å²) in [6.45, 7) is 10.2. The van der Waals surface area contributed by atoms with E-state index >= 15 is 0 Å². The van der Waals surface area contributed by atoms with Crippen LogP contribution in [0.4, 0.5) is 17.1 Å². The minimum atomic E-state index is -2.99. The molecule has 0 unspecified atom stereocenters. The quantitative estimate of drug-likeness (QED) is 0.0949. The van der Waals surface area contributed by atoms with E-state index in [9.17, 15) is 0 Å². The molecule has 7 heterocycles. The van der Waals surface area contributed by atoms with Gasteiger partial charge in [0.2, 0.25) is 0 Å². The zero-order valence-corrected chi connectivity index (χ0v) is 51.2. The first-order valence-electron chi connectivity index (χ1n) is 32.2. The van der Waals surface area contributed by atoms with Crippen molar-refractivity contribution in [3.8, 4) is 28.4 Å². The Kier molecular flexibility index (Phi) is 12.8. The Balaban J connectivity index is 0.00000773. The van der Waals surface area contributed by atoms with Gasteiger partial charge in [-0.1, -0.05) is 194 Å². The van der Waals surface area contributed by atoms with Gasteiger partial charge in [-0.05, 0) is 151 Å². The molecule has 10 heteroatoms. The number of pyridine rings is 1. The predicted molar refractivity (Wildman–Crippen MR) is 356 cm³/mol. The molecule has 0 N–H and O–H groups in total. The van der Waals surface area contributed by atoms with Gasteiger partial charge >= 0.3 is 13.7 Å². The molecule has 9 aromatic rings. The van der Waals surface area contributed by atoms with Crippen LogP contribution in [0.1, 0.15) is 102 Å². The second kappa shape index (κ2) is 22.3. The first-order chi connectivity index (χ1) is 43.6. The average molecular weight is 1300 g/mol. The molecular weight excluding hydrogens is 1230 g/mol. The maximum absolute atomic E-state index is 8.98. The first-order valence-corrected chi connectivity index (χ1v) is 29.2. The Morgan fingerprint density at radius 1 is 0.558 bits per heavy atom. The third-order valence-corrected chi connectivity index (χ3v) is 17.0. The topological polar surface area (TPSA) is 40.0 Å². The molecular formula is C76H67B2N6OPt-3. The number of para-hydroxylation sites is 2. The largest absolute Gasteiger partial charge is 0.509 e. The Morgan fingerprint density at radius 3 is 1.86 bits per heavy atom. The molecule has 0 spiro atoms. The zero-order chi connectivity index (χ0) is 63.2. The molecule has 0 bridgehead atoms. The monoisotopic (exact) mass is 1300 g/mol. The summed E-state index contributed by atoms with van der Waals surface area (Å²) < 4.78 is 62.8. The minimum Gasteiger partial charge on any atom is -0.509 e. The molecule has 426 valence electrons. The molecule has 0 radical (unpaired) electrons. The van der Waals surface area contributed by atoms with Crippen LogP contribution in [0.5, 0.6) is 11.5 Å². The zero-order valence-electron chi connectivity index (χ0n) is 54.9. The number of fused-ring (bicyclic) bond motifs is 6. The molecule has 0 atom stereocenters. The molecule has 5 aliphatic rings. The minimum absolute atomic E-state index is 0. The second-order valence-corrected chi connectivity index (χ2v) is 24.6. The summed E-state index contributed by atoms with van der Waals surface area (Å²) in [4.78, 5) is 14.0. The summed E-state index contributed by atoms with van der Waals surface area (Å²) in [5.41, 5.74) is 12.0. The van der Waals surface area contributed by atoms with Gasteiger partial charge in [0.1, 0.15) is 5.82 Å². The van der Waals surface area contributed by atoms with Gasteiger partial charge in [-0.15, -0.1) is 47.0 Å². The van der Waals surface area contributed by atoms with Crippen molar-refractivity contribution in [1.29, 1.82) is 0 Å². The van der Waals surface area contributed by atoms with Crippen LogP contribution in [0.25, 0.3) is 49.7 Å². The summed E-state index contributed by atoms with van der Waals surface area (Å²) >= 11 is 0. The Morgan fingerprint density at radius 2 is 1.20 bits per heavy atom. The molecule has 2 aromatic heterocycles. The molecule has 0 fully saturated rings. The van der Waals surface area contributed by atoms with E-state index in [1.807, 2.05) is 47.0 Å². The first kappa shape index (κ1) is 49.5. The van der Waals surface area contributed by atoms with E-state index in [0.29, 0.717) is 29.4 Å². The number of aromatic nitrogens is 2. The SMILES string of the molecule is [2H]C([2H])([2H])C(c1ccccc1)(c1ccnc(-n2c3[c-]c(Oc4[c-]c(N5[CH-]N(Cc6c(C7=CC=CN8C=CC=CB78)cc(C(C)(C)C)cc6C6=CC=CN7C=CC=CB67)c6ccccc65)cc(-c5ccccc5)c4)ccc3c3cc(C(C)(C)C)ccc32)c1)C([2H])([2H])[2H].[Pt]. The van der Waals surface area contributed by atoms with Crippen molar-refractivity contribution in [3.05, 3.63) is 301 Å². The van der Waals surface area contributed by atoms with Crippen LogP contribution in [0, 0.1) is 18.8 Å². The predicted octanol–water partition coefficient (Wildman–Crippen LogP) is 18.2. The number of allylic oxidation sites excluding steroid dienone is 8. The third kappa shape index (κ3) is 10.3. The van der Waals surface area contributed by atoms with Crippen LogP contribution < -0.4 is 14.5 Å². The maximum atomic E-state index is 8.98. The number of anilines is 3. The molecule has 5 aliphatic heterocycles. The normalized spacial score (nSPS) is 16.6. The number of rotatable bonds is 11. The van der Waals surface area contributed by atoms with Crippen molar-refractivity contribution >= 4 is 63.5 Å². The Labute approximate surface area is 530 Å². The van der Waals surface area contributed by atoms with Gasteiger partial charge in [0, 0.05) is 75.8 Å². The average Bonchev–Trinajstić information content (AvgIpc) is 1.47. The van der Waals surface area contributed by atoms with Gasteiger partial charge in [0.15, 0.2) is 0 Å². The number of ether oxygens (including phenoxy) is 1. The maximum Gasteiger partial charge on any atom is 0.320 e. The summed E-state index contributed by atoms with van der Waals surface area (Å²) in [5.74, 6) is 5.75. The number of nitrogens with zero attached hydrogens (tertiary/aromatic N) is 6. The van der Waals surface area contributed by atoms with Crippen molar-refractivity contribution in [2.24, 2.45) is 0 Å². The van der Waals surface area contributed by atoms with E-state index in [1.54, 1.807) is 36.4 Å². The van der Waals surface area contributed by atoms with E-state index in [4.69, 9.17) is 17.9 Å². The van der Waals surface area contributed by atoms with E-state index in [2.05, 4.69) is 232 Å². The molecule has 0 aliphatic carbocycles. The van der Waals surface area contributed by atoms with Crippen molar-refractivity contribution < 1.29 is 34.0 Å². The third-order valence-electron chi connectivity index (χ3n) is 17.0. The van der Waals surface area contributed by atoms with Crippen molar-refractivity contribution in [2.45, 2.75) is 78.0 Å². The van der Waals surface area contributed by atoms with Gasteiger partial charge < -0.3 is 28.7 Å². The van der Waals surface area contributed by atoms with E-state index < -0.39 is 19.1 Å². The number of benzene rings is 7. The van der Waals surface area contributed by atoms with Crippen molar-refractivity contribution in [3.63, 3.8) is 0 Å². The molecule has 0 amide bonds. The number of hydrogen-bond acceptors (Lipinski definition) is 6.